The molecule has 0 saturated carbocycles. The molecule has 1 atom stereocenters. The van der Waals surface area contributed by atoms with Crippen molar-refractivity contribution in [1.29, 1.82) is 5.26 Å². The number of piperidine rings is 1. The van der Waals surface area contributed by atoms with Crippen LogP contribution in [0.3, 0.4) is 0 Å². The minimum atomic E-state index is -1.01. The molecule has 0 radical (unpaired) electrons. The number of hydrogen-bond acceptors (Lipinski definition) is 9. The minimum absolute atomic E-state index is 0.125. The third-order valence-corrected chi connectivity index (χ3v) is 7.58. The first-order chi connectivity index (χ1) is 20.0. The van der Waals surface area contributed by atoms with Crippen molar-refractivity contribution in [2.24, 2.45) is 0 Å². The van der Waals surface area contributed by atoms with Gasteiger partial charge in [-0.3, -0.25) is 4.79 Å². The lowest BCUT2D eigenvalue weighted by Crippen LogP contribution is -2.45. The molecule has 2 aliphatic rings. The third kappa shape index (κ3) is 5.57. The summed E-state index contributed by atoms with van der Waals surface area (Å²) in [6.45, 7) is 5.71. The topological polar surface area (TPSA) is 140 Å². The number of amides is 1. The quantitative estimate of drug-likeness (QED) is 0.368. The number of aromatic nitrogens is 4. The van der Waals surface area contributed by atoms with Crippen molar-refractivity contribution in [3.8, 4) is 34.5 Å². The van der Waals surface area contributed by atoms with Crippen LogP contribution >= 0.6 is 0 Å². The zero-order chi connectivity index (χ0) is 28.3. The highest BCUT2D eigenvalue weighted by Gasteiger charge is 2.26. The summed E-state index contributed by atoms with van der Waals surface area (Å²) in [5.74, 6) is 0.911. The molecule has 11 nitrogen and oxygen atoms in total. The van der Waals surface area contributed by atoms with Crippen LogP contribution in [0.25, 0.3) is 33.8 Å². The van der Waals surface area contributed by atoms with E-state index >= 15 is 0 Å². The Kier molecular flexibility index (Phi) is 7.50. The summed E-state index contributed by atoms with van der Waals surface area (Å²) < 4.78 is 11.6. The van der Waals surface area contributed by atoms with Gasteiger partial charge in [0, 0.05) is 55.8 Å². The maximum absolute atomic E-state index is 12.1. The third-order valence-electron chi connectivity index (χ3n) is 7.58. The van der Waals surface area contributed by atoms with Crippen molar-refractivity contribution < 1.29 is 19.4 Å². The molecular weight excluding hydrogens is 522 g/mol. The number of rotatable bonds is 6. The van der Waals surface area contributed by atoms with Gasteiger partial charge in [-0.2, -0.15) is 5.26 Å². The lowest BCUT2D eigenvalue weighted by molar-refractivity contribution is -0.141. The van der Waals surface area contributed by atoms with Gasteiger partial charge in [-0.25, -0.2) is 15.0 Å². The summed E-state index contributed by atoms with van der Waals surface area (Å²) >= 11 is 0. The summed E-state index contributed by atoms with van der Waals surface area (Å²) in [4.78, 5) is 33.0. The van der Waals surface area contributed by atoms with Crippen molar-refractivity contribution >= 4 is 22.8 Å². The smallest absolute Gasteiger partial charge is 0.251 e. The molecule has 4 aromatic rings. The summed E-state index contributed by atoms with van der Waals surface area (Å²) in [5.41, 5.74) is 5.07. The van der Waals surface area contributed by atoms with Gasteiger partial charge in [-0.15, -0.1) is 0 Å². The number of carbonyl (C=O) groups is 1. The molecule has 11 heteroatoms. The number of nitriles is 1. The summed E-state index contributed by atoms with van der Waals surface area (Å²) in [6, 6.07) is 15.9. The number of imidazole rings is 1. The van der Waals surface area contributed by atoms with Gasteiger partial charge in [-0.05, 0) is 49.4 Å². The maximum atomic E-state index is 12.1. The maximum Gasteiger partial charge on any atom is 0.251 e. The highest BCUT2D eigenvalue weighted by Crippen LogP contribution is 2.32. The van der Waals surface area contributed by atoms with Crippen LogP contribution in [0.1, 0.15) is 25.3 Å². The van der Waals surface area contributed by atoms with Gasteiger partial charge in [0.2, 0.25) is 0 Å². The molecular formula is C30H31N7O4. The SMILES string of the molecule is C[C@H](O)C(=O)N1CCC(Oc2ccc(-c3ncnc4[nH]c(-c5ccc(N6CCOCC6)cc5)nc34)cc2C#N)CC1. The second-order valence-electron chi connectivity index (χ2n) is 10.3. The van der Waals surface area contributed by atoms with Crippen LogP contribution in [0.15, 0.2) is 48.8 Å². The number of anilines is 1. The van der Waals surface area contributed by atoms with E-state index in [9.17, 15) is 15.2 Å². The average Bonchev–Trinajstić information content (AvgIpc) is 3.46. The van der Waals surface area contributed by atoms with E-state index in [4.69, 9.17) is 14.5 Å². The summed E-state index contributed by atoms with van der Waals surface area (Å²) in [7, 11) is 0. The Morgan fingerprint density at radius 3 is 2.54 bits per heavy atom. The Morgan fingerprint density at radius 1 is 1.10 bits per heavy atom. The number of ether oxygens (including phenoxy) is 2. The number of H-pyrrole nitrogens is 1. The van der Waals surface area contributed by atoms with Gasteiger partial charge < -0.3 is 29.4 Å². The van der Waals surface area contributed by atoms with Gasteiger partial charge >= 0.3 is 0 Å². The number of fused-ring (bicyclic) bond motifs is 1. The van der Waals surface area contributed by atoms with E-state index in [2.05, 4.69) is 38.1 Å². The predicted molar refractivity (Wildman–Crippen MR) is 152 cm³/mol. The number of morpholine rings is 1. The first-order valence-electron chi connectivity index (χ1n) is 13.8. The van der Waals surface area contributed by atoms with E-state index in [1.165, 1.54) is 13.3 Å². The van der Waals surface area contributed by atoms with Gasteiger partial charge in [0.25, 0.3) is 5.91 Å². The first kappa shape index (κ1) is 26.7. The Morgan fingerprint density at radius 2 is 1.83 bits per heavy atom. The van der Waals surface area contributed by atoms with E-state index in [1.807, 2.05) is 18.2 Å². The molecule has 210 valence electrons. The summed E-state index contributed by atoms with van der Waals surface area (Å²) in [5, 5.41) is 19.5. The van der Waals surface area contributed by atoms with E-state index in [1.54, 1.807) is 17.0 Å². The van der Waals surface area contributed by atoms with Crippen LogP contribution in [0.2, 0.25) is 0 Å². The predicted octanol–water partition coefficient (Wildman–Crippen LogP) is 3.15. The molecule has 2 aromatic carbocycles. The van der Waals surface area contributed by atoms with Crippen LogP contribution in [0.5, 0.6) is 5.75 Å². The summed E-state index contributed by atoms with van der Waals surface area (Å²) in [6.07, 6.45) is 1.60. The molecule has 41 heavy (non-hydrogen) atoms. The van der Waals surface area contributed by atoms with Crippen LogP contribution in [0, 0.1) is 11.3 Å². The molecule has 0 spiro atoms. The molecule has 0 unspecified atom stereocenters. The van der Waals surface area contributed by atoms with Gasteiger partial charge in [-0.1, -0.05) is 0 Å². The molecule has 6 rings (SSSR count). The van der Waals surface area contributed by atoms with E-state index < -0.39 is 6.10 Å². The van der Waals surface area contributed by atoms with Gasteiger partial charge in [0.1, 0.15) is 47.4 Å². The van der Waals surface area contributed by atoms with Crippen molar-refractivity contribution in [2.75, 3.05) is 44.3 Å². The fraction of sp³-hybridized carbons (Fsp3) is 0.367. The molecule has 2 fully saturated rings. The van der Waals surface area contributed by atoms with Crippen LogP contribution in [-0.2, 0) is 9.53 Å². The highest BCUT2D eigenvalue weighted by atomic mass is 16.5. The Labute approximate surface area is 237 Å². The second-order valence-corrected chi connectivity index (χ2v) is 10.3. The second kappa shape index (κ2) is 11.5. The molecule has 0 aliphatic carbocycles. The molecule has 2 aromatic heterocycles. The van der Waals surface area contributed by atoms with E-state index in [0.29, 0.717) is 59.9 Å². The molecule has 0 bridgehead atoms. The Balaban J connectivity index is 1.21. The average molecular weight is 554 g/mol. The van der Waals surface area contributed by atoms with Crippen LogP contribution < -0.4 is 9.64 Å². The Hall–Kier alpha value is -4.53. The molecule has 2 N–H and O–H groups in total. The number of aromatic amines is 1. The Bertz CT molecular complexity index is 1580. The van der Waals surface area contributed by atoms with E-state index in [-0.39, 0.29) is 12.0 Å². The molecule has 1 amide bonds. The lowest BCUT2D eigenvalue weighted by Gasteiger charge is -2.33. The van der Waals surface area contributed by atoms with Gasteiger partial charge in [0.15, 0.2) is 5.65 Å². The largest absolute Gasteiger partial charge is 0.489 e. The molecule has 4 heterocycles. The monoisotopic (exact) mass is 553 g/mol. The zero-order valence-corrected chi connectivity index (χ0v) is 22.8. The number of likely N-dealkylation sites (tertiary alicyclic amines) is 1. The normalized spacial score (nSPS) is 16.9. The first-order valence-corrected chi connectivity index (χ1v) is 13.8. The van der Waals surface area contributed by atoms with Gasteiger partial charge in [0.05, 0.1) is 18.8 Å². The van der Waals surface area contributed by atoms with E-state index in [0.717, 1.165) is 43.1 Å². The molecule has 2 saturated heterocycles. The van der Waals surface area contributed by atoms with Crippen molar-refractivity contribution in [3.63, 3.8) is 0 Å². The van der Waals surface area contributed by atoms with Crippen molar-refractivity contribution in [3.05, 3.63) is 54.4 Å². The number of carbonyl (C=O) groups excluding carboxylic acids is 1. The number of aliphatic hydroxyl groups excluding tert-OH is 1. The van der Waals surface area contributed by atoms with Crippen LogP contribution in [0.4, 0.5) is 5.69 Å². The van der Waals surface area contributed by atoms with Crippen LogP contribution in [-0.4, -0.2) is 87.5 Å². The van der Waals surface area contributed by atoms with Crippen molar-refractivity contribution in [2.45, 2.75) is 32.0 Å². The lowest BCUT2D eigenvalue weighted by atomic mass is 10.0. The number of hydrogen-bond donors (Lipinski definition) is 2. The number of nitrogens with zero attached hydrogens (tertiary/aromatic N) is 6. The highest BCUT2D eigenvalue weighted by molar-refractivity contribution is 5.89. The number of benzene rings is 2. The standard InChI is InChI=1S/C30H31N7O4/c1-19(38)30(39)37-10-8-24(9-11-37)41-25-7-4-21(16-22(25)17-31)26-27-29(33-18-32-26)35-28(34-27)20-2-5-23(6-3-20)36-12-14-40-15-13-36/h2-7,16,18-19,24,38H,8-15H2,1H3,(H,32,33,34,35)/t19-/m0/s1. The minimum Gasteiger partial charge on any atom is -0.489 e. The van der Waals surface area contributed by atoms with Crippen molar-refractivity contribution in [1.82, 2.24) is 24.8 Å². The number of aliphatic hydroxyl groups is 1. The fourth-order valence-corrected chi connectivity index (χ4v) is 5.33. The number of nitrogens with one attached hydrogen (secondary N) is 1. The zero-order valence-electron chi connectivity index (χ0n) is 22.8. The fourth-order valence-electron chi connectivity index (χ4n) is 5.33. The molecule has 2 aliphatic heterocycles.